The quantitative estimate of drug-likeness (QED) is 0.848. The number of hydrogen-bond donors (Lipinski definition) is 0. The molecule has 0 spiro atoms. The maximum Gasteiger partial charge on any atom is 0.282 e. The molecule has 0 saturated carbocycles. The second-order valence-electron chi connectivity index (χ2n) is 6.48. The maximum absolute atomic E-state index is 13.0. The number of halogens is 2. The van der Waals surface area contributed by atoms with Crippen LogP contribution in [0.25, 0.3) is 0 Å². The number of carbonyl (C=O) groups excluding carboxylic acids is 1. The Morgan fingerprint density at radius 1 is 1.38 bits per heavy atom. The zero-order valence-electron chi connectivity index (χ0n) is 13.1. The Morgan fingerprint density at radius 3 is 2.92 bits per heavy atom. The number of fused-ring (bicyclic) bond motifs is 1. The number of likely N-dealkylation sites (tertiary alicyclic amines) is 1. The van der Waals surface area contributed by atoms with E-state index in [4.69, 9.17) is 0 Å². The average Bonchev–Trinajstić information content (AvgIpc) is 3.15. The average molecular weight is 352 g/mol. The third-order valence-electron chi connectivity index (χ3n) is 4.52. The van der Waals surface area contributed by atoms with Crippen LogP contribution >= 0.6 is 11.3 Å². The Morgan fingerprint density at radius 2 is 2.21 bits per heavy atom. The van der Waals surface area contributed by atoms with E-state index >= 15 is 0 Å². The summed E-state index contributed by atoms with van der Waals surface area (Å²) in [5.74, 6) is -2.94. The van der Waals surface area contributed by atoms with E-state index in [2.05, 4.69) is 21.4 Å². The first-order valence-electron chi connectivity index (χ1n) is 7.93. The van der Waals surface area contributed by atoms with Crippen molar-refractivity contribution in [2.45, 2.75) is 31.5 Å². The predicted molar refractivity (Wildman–Crippen MR) is 85.8 cm³/mol. The number of alkyl halides is 2. The molecule has 0 bridgehead atoms. The highest BCUT2D eigenvalue weighted by molar-refractivity contribution is 7.09. The second-order valence-corrected chi connectivity index (χ2v) is 7.51. The summed E-state index contributed by atoms with van der Waals surface area (Å²) in [6.45, 7) is 1.40. The molecule has 0 aliphatic carbocycles. The van der Waals surface area contributed by atoms with Crippen LogP contribution in [-0.2, 0) is 17.9 Å². The standard InChI is InChI=1S/C16H18F2N4OS/c17-16(18)10-21(11-16)15(23)6-13-8-20(9-14-2-1-5-24-14)7-12-3-4-19-22(12)13/h1-5,13H,6-11H2. The molecule has 2 aliphatic rings. The Bertz CT molecular complexity index is 722. The number of rotatable bonds is 4. The fourth-order valence-electron chi connectivity index (χ4n) is 3.38. The van der Waals surface area contributed by atoms with E-state index in [9.17, 15) is 13.6 Å². The van der Waals surface area contributed by atoms with Crippen molar-refractivity contribution in [2.24, 2.45) is 0 Å². The third-order valence-corrected chi connectivity index (χ3v) is 5.38. The number of carbonyl (C=O) groups is 1. The molecule has 4 heterocycles. The summed E-state index contributed by atoms with van der Waals surface area (Å²) in [6, 6.07) is 5.97. The van der Waals surface area contributed by atoms with Gasteiger partial charge in [0.2, 0.25) is 5.91 Å². The Hall–Kier alpha value is -1.80. The molecule has 0 radical (unpaired) electrons. The summed E-state index contributed by atoms with van der Waals surface area (Å²) in [5.41, 5.74) is 1.06. The van der Waals surface area contributed by atoms with Gasteiger partial charge in [-0.2, -0.15) is 5.10 Å². The van der Waals surface area contributed by atoms with Gasteiger partial charge in [-0.15, -0.1) is 11.3 Å². The monoisotopic (exact) mass is 352 g/mol. The molecule has 1 fully saturated rings. The number of thiophene rings is 1. The van der Waals surface area contributed by atoms with E-state index < -0.39 is 19.0 Å². The molecule has 0 N–H and O–H groups in total. The molecular weight excluding hydrogens is 334 g/mol. The van der Waals surface area contributed by atoms with E-state index in [1.807, 2.05) is 16.8 Å². The van der Waals surface area contributed by atoms with Gasteiger partial charge < -0.3 is 4.90 Å². The van der Waals surface area contributed by atoms with Crippen LogP contribution in [0.5, 0.6) is 0 Å². The van der Waals surface area contributed by atoms with Crippen LogP contribution in [0.3, 0.4) is 0 Å². The Balaban J connectivity index is 1.44. The van der Waals surface area contributed by atoms with Crippen LogP contribution in [0.4, 0.5) is 8.78 Å². The van der Waals surface area contributed by atoms with Crippen LogP contribution in [-0.4, -0.2) is 51.0 Å². The van der Waals surface area contributed by atoms with Gasteiger partial charge in [0.1, 0.15) is 0 Å². The molecule has 5 nitrogen and oxygen atoms in total. The largest absolute Gasteiger partial charge is 0.330 e. The zero-order valence-corrected chi connectivity index (χ0v) is 13.9. The molecule has 8 heteroatoms. The van der Waals surface area contributed by atoms with Gasteiger partial charge in [0.25, 0.3) is 5.92 Å². The van der Waals surface area contributed by atoms with Gasteiger partial charge in [-0.1, -0.05) is 6.07 Å². The summed E-state index contributed by atoms with van der Waals surface area (Å²) >= 11 is 1.71. The van der Waals surface area contributed by atoms with Crippen LogP contribution in [0.1, 0.15) is 23.0 Å². The van der Waals surface area contributed by atoms with Crippen LogP contribution in [0.2, 0.25) is 0 Å². The number of aromatic nitrogens is 2. The van der Waals surface area contributed by atoms with E-state index in [0.717, 1.165) is 18.8 Å². The smallest absolute Gasteiger partial charge is 0.282 e. The van der Waals surface area contributed by atoms with Crippen molar-refractivity contribution < 1.29 is 13.6 Å². The summed E-state index contributed by atoms with van der Waals surface area (Å²) in [5, 5.41) is 6.38. The van der Waals surface area contributed by atoms with Crippen molar-refractivity contribution in [3.63, 3.8) is 0 Å². The molecule has 2 aromatic heterocycles. The molecule has 0 aromatic carbocycles. The summed E-state index contributed by atoms with van der Waals surface area (Å²) in [4.78, 5) is 17.1. The fourth-order valence-corrected chi connectivity index (χ4v) is 4.12. The molecule has 24 heavy (non-hydrogen) atoms. The molecule has 4 rings (SSSR count). The number of amides is 1. The SMILES string of the molecule is O=C(CC1CN(Cc2cccs2)Cc2ccnn21)N1CC(F)(F)C1. The van der Waals surface area contributed by atoms with E-state index in [-0.39, 0.29) is 18.4 Å². The van der Waals surface area contributed by atoms with Crippen molar-refractivity contribution in [1.82, 2.24) is 19.6 Å². The number of hydrogen-bond acceptors (Lipinski definition) is 4. The lowest BCUT2D eigenvalue weighted by Gasteiger charge is -2.40. The normalized spacial score (nSPS) is 22.9. The predicted octanol–water partition coefficient (Wildman–Crippen LogP) is 2.37. The highest BCUT2D eigenvalue weighted by Gasteiger charge is 2.46. The summed E-state index contributed by atoms with van der Waals surface area (Å²) < 4.78 is 27.8. The van der Waals surface area contributed by atoms with Crippen molar-refractivity contribution in [3.05, 3.63) is 40.3 Å². The lowest BCUT2D eigenvalue weighted by Crippen LogP contribution is -2.58. The first-order chi connectivity index (χ1) is 11.5. The molecule has 2 aliphatic heterocycles. The number of nitrogens with zero attached hydrogens (tertiary/aromatic N) is 4. The first kappa shape index (κ1) is 15.7. The van der Waals surface area contributed by atoms with Gasteiger partial charge in [0, 0.05) is 30.7 Å². The summed E-state index contributed by atoms with van der Waals surface area (Å²) in [7, 11) is 0. The molecule has 2 aromatic rings. The highest BCUT2D eigenvalue weighted by atomic mass is 32.1. The lowest BCUT2D eigenvalue weighted by atomic mass is 10.1. The van der Waals surface area contributed by atoms with Crippen molar-refractivity contribution in [3.8, 4) is 0 Å². The molecule has 1 saturated heterocycles. The maximum atomic E-state index is 13.0. The molecular formula is C16H18F2N4OS. The van der Waals surface area contributed by atoms with Crippen LogP contribution < -0.4 is 0 Å². The topological polar surface area (TPSA) is 41.4 Å². The van der Waals surface area contributed by atoms with Gasteiger partial charge in [-0.05, 0) is 17.5 Å². The third kappa shape index (κ3) is 3.08. The first-order valence-corrected chi connectivity index (χ1v) is 8.81. The minimum atomic E-state index is -2.72. The lowest BCUT2D eigenvalue weighted by molar-refractivity contribution is -0.166. The molecule has 1 unspecified atom stereocenters. The fraction of sp³-hybridized carbons (Fsp3) is 0.500. The Labute approximate surface area is 142 Å². The van der Waals surface area contributed by atoms with E-state index in [1.165, 1.54) is 9.78 Å². The van der Waals surface area contributed by atoms with Crippen LogP contribution in [0.15, 0.2) is 29.8 Å². The Kier molecular flexibility index (Phi) is 3.88. The van der Waals surface area contributed by atoms with E-state index in [1.54, 1.807) is 17.5 Å². The van der Waals surface area contributed by atoms with Gasteiger partial charge in [-0.3, -0.25) is 14.4 Å². The van der Waals surface area contributed by atoms with E-state index in [0.29, 0.717) is 6.54 Å². The highest BCUT2D eigenvalue weighted by Crippen LogP contribution is 2.30. The van der Waals surface area contributed by atoms with Crippen molar-refractivity contribution in [1.29, 1.82) is 0 Å². The molecule has 1 atom stereocenters. The van der Waals surface area contributed by atoms with Gasteiger partial charge >= 0.3 is 0 Å². The minimum Gasteiger partial charge on any atom is -0.330 e. The van der Waals surface area contributed by atoms with Gasteiger partial charge in [0.15, 0.2) is 0 Å². The molecule has 128 valence electrons. The van der Waals surface area contributed by atoms with Crippen molar-refractivity contribution in [2.75, 3.05) is 19.6 Å². The molecule has 1 amide bonds. The van der Waals surface area contributed by atoms with Gasteiger partial charge in [-0.25, -0.2) is 8.78 Å². The minimum absolute atomic E-state index is 0.106. The summed E-state index contributed by atoms with van der Waals surface area (Å²) in [6.07, 6.45) is 1.95. The van der Waals surface area contributed by atoms with Crippen molar-refractivity contribution >= 4 is 17.2 Å². The second kappa shape index (κ2) is 5.93. The zero-order chi connectivity index (χ0) is 16.7. The van der Waals surface area contributed by atoms with Crippen LogP contribution in [0, 0.1) is 0 Å². The van der Waals surface area contributed by atoms with Gasteiger partial charge in [0.05, 0.1) is 31.2 Å².